The van der Waals surface area contributed by atoms with Crippen molar-refractivity contribution in [3.05, 3.63) is 23.6 Å². The van der Waals surface area contributed by atoms with Gasteiger partial charge in [-0.2, -0.15) is 0 Å². The van der Waals surface area contributed by atoms with E-state index >= 15 is 0 Å². The maximum absolute atomic E-state index is 14.4. The van der Waals surface area contributed by atoms with Crippen LogP contribution in [0.4, 0.5) is 10.2 Å². The first kappa shape index (κ1) is 17.4. The van der Waals surface area contributed by atoms with Crippen molar-refractivity contribution >= 4 is 11.7 Å². The van der Waals surface area contributed by atoms with Gasteiger partial charge in [-0.15, -0.1) is 0 Å². The Bertz CT molecular complexity index is 465. The van der Waals surface area contributed by atoms with E-state index in [1.54, 1.807) is 4.90 Å². The number of pyridine rings is 1. The van der Waals surface area contributed by atoms with E-state index in [1.165, 1.54) is 12.3 Å². The van der Waals surface area contributed by atoms with Gasteiger partial charge in [0.1, 0.15) is 0 Å². The molecule has 0 saturated carbocycles. The van der Waals surface area contributed by atoms with Gasteiger partial charge in [0, 0.05) is 25.3 Å². The topological polar surface area (TPSA) is 45.2 Å². The van der Waals surface area contributed by atoms with Crippen LogP contribution in [0.25, 0.3) is 0 Å². The van der Waals surface area contributed by atoms with Crippen LogP contribution < -0.4 is 5.32 Å². The van der Waals surface area contributed by atoms with Gasteiger partial charge in [-0.3, -0.25) is 4.79 Å². The van der Waals surface area contributed by atoms with E-state index in [2.05, 4.69) is 17.2 Å². The molecule has 0 spiro atoms. The molecule has 0 bridgehead atoms. The monoisotopic (exact) mass is 295 g/mol. The molecule has 118 valence electrons. The largest absolute Gasteiger partial charge is 0.368 e. The van der Waals surface area contributed by atoms with Crippen molar-refractivity contribution in [1.29, 1.82) is 0 Å². The summed E-state index contributed by atoms with van der Waals surface area (Å²) in [6.45, 7) is 9.19. The van der Waals surface area contributed by atoms with E-state index in [1.807, 2.05) is 20.8 Å². The lowest BCUT2D eigenvalue weighted by molar-refractivity contribution is 0.0680. The molecule has 0 aliphatic carbocycles. The van der Waals surface area contributed by atoms with Gasteiger partial charge in [0.2, 0.25) is 0 Å². The molecule has 1 aromatic rings. The van der Waals surface area contributed by atoms with Crippen molar-refractivity contribution in [3.8, 4) is 0 Å². The van der Waals surface area contributed by atoms with Gasteiger partial charge in [-0.25, -0.2) is 9.37 Å². The van der Waals surface area contributed by atoms with Crippen LogP contribution in [0.1, 0.15) is 57.3 Å². The molecule has 0 aliphatic heterocycles. The summed E-state index contributed by atoms with van der Waals surface area (Å²) in [4.78, 5) is 18.4. The van der Waals surface area contributed by atoms with Crippen LogP contribution in [0.15, 0.2) is 12.3 Å². The molecule has 1 amide bonds. The van der Waals surface area contributed by atoms with E-state index in [9.17, 15) is 9.18 Å². The summed E-state index contributed by atoms with van der Waals surface area (Å²) in [7, 11) is 0. The third kappa shape index (κ3) is 4.41. The fourth-order valence-electron chi connectivity index (χ4n) is 2.13. The molecule has 4 nitrogen and oxygen atoms in total. The molecule has 0 aromatic carbocycles. The molecule has 1 aromatic heterocycles. The van der Waals surface area contributed by atoms with E-state index in [4.69, 9.17) is 0 Å². The molecule has 0 aliphatic rings. The number of amides is 1. The molecular weight excluding hydrogens is 269 g/mol. The molecule has 1 heterocycles. The van der Waals surface area contributed by atoms with Crippen LogP contribution in [0.2, 0.25) is 0 Å². The van der Waals surface area contributed by atoms with Crippen molar-refractivity contribution in [3.63, 3.8) is 0 Å². The highest BCUT2D eigenvalue weighted by molar-refractivity contribution is 5.95. The van der Waals surface area contributed by atoms with E-state index in [0.717, 1.165) is 19.3 Å². The smallest absolute Gasteiger partial charge is 0.257 e. The Labute approximate surface area is 126 Å². The summed E-state index contributed by atoms with van der Waals surface area (Å²) in [5, 5.41) is 2.84. The number of carbonyl (C=O) groups is 1. The Morgan fingerprint density at radius 3 is 2.71 bits per heavy atom. The molecule has 1 N–H and O–H groups in total. The summed E-state index contributed by atoms with van der Waals surface area (Å²) >= 11 is 0. The molecule has 1 unspecified atom stereocenters. The van der Waals surface area contributed by atoms with Crippen molar-refractivity contribution in [1.82, 2.24) is 9.88 Å². The second-order valence-corrected chi connectivity index (χ2v) is 5.16. The minimum atomic E-state index is -0.561. The third-order valence-corrected chi connectivity index (χ3v) is 3.60. The fraction of sp³-hybridized carbons (Fsp3) is 0.625. The molecule has 1 atom stereocenters. The highest BCUT2D eigenvalue weighted by atomic mass is 19.1. The van der Waals surface area contributed by atoms with Gasteiger partial charge in [0.25, 0.3) is 5.91 Å². The first-order valence-corrected chi connectivity index (χ1v) is 7.76. The quantitative estimate of drug-likeness (QED) is 0.795. The second kappa shape index (κ2) is 8.60. The number of hydrogen-bond donors (Lipinski definition) is 1. The Kier molecular flexibility index (Phi) is 7.12. The number of nitrogens with one attached hydrogen (secondary N) is 1. The predicted molar refractivity (Wildman–Crippen MR) is 84.1 cm³/mol. The van der Waals surface area contributed by atoms with Crippen molar-refractivity contribution in [2.45, 2.75) is 53.0 Å². The van der Waals surface area contributed by atoms with Crippen LogP contribution in [-0.2, 0) is 0 Å². The van der Waals surface area contributed by atoms with Crippen LogP contribution in [0, 0.1) is 5.82 Å². The molecule has 21 heavy (non-hydrogen) atoms. The number of aromatic nitrogens is 1. The summed E-state index contributed by atoms with van der Waals surface area (Å²) in [5.41, 5.74) is 0.0948. The van der Waals surface area contributed by atoms with Crippen LogP contribution >= 0.6 is 0 Å². The molecule has 0 fully saturated rings. The van der Waals surface area contributed by atoms with E-state index < -0.39 is 5.82 Å². The Morgan fingerprint density at radius 1 is 1.43 bits per heavy atom. The van der Waals surface area contributed by atoms with E-state index in [-0.39, 0.29) is 23.3 Å². The number of hydrogen-bond acceptors (Lipinski definition) is 3. The lowest BCUT2D eigenvalue weighted by Crippen LogP contribution is -2.39. The fourth-order valence-corrected chi connectivity index (χ4v) is 2.13. The summed E-state index contributed by atoms with van der Waals surface area (Å²) in [6, 6.07) is 1.55. The second-order valence-electron chi connectivity index (χ2n) is 5.16. The van der Waals surface area contributed by atoms with Gasteiger partial charge in [0.05, 0.1) is 5.56 Å². The average molecular weight is 295 g/mol. The third-order valence-electron chi connectivity index (χ3n) is 3.60. The Balaban J connectivity index is 3.05. The van der Waals surface area contributed by atoms with Crippen molar-refractivity contribution in [2.24, 2.45) is 0 Å². The molecule has 0 radical (unpaired) electrons. The predicted octanol–water partition coefficient (Wildman–Crippen LogP) is 3.69. The minimum Gasteiger partial charge on any atom is -0.368 e. The molecule has 1 rings (SSSR count). The standard InChI is InChI=1S/C16H26FN3O/c1-5-8-11-20(12(4)6-2)16(21)13-9-10-19-15(14(13)17)18-7-3/h9-10,12H,5-8,11H2,1-4H3,(H,18,19). The molecular formula is C16H26FN3O. The van der Waals surface area contributed by atoms with E-state index in [0.29, 0.717) is 13.1 Å². The van der Waals surface area contributed by atoms with Crippen molar-refractivity contribution < 1.29 is 9.18 Å². The zero-order chi connectivity index (χ0) is 15.8. The number of anilines is 1. The van der Waals surface area contributed by atoms with Gasteiger partial charge in [-0.05, 0) is 32.8 Å². The van der Waals surface area contributed by atoms with Gasteiger partial charge >= 0.3 is 0 Å². The number of nitrogens with zero attached hydrogens (tertiary/aromatic N) is 2. The number of unbranched alkanes of at least 4 members (excludes halogenated alkanes) is 1. The lowest BCUT2D eigenvalue weighted by Gasteiger charge is -2.29. The first-order valence-electron chi connectivity index (χ1n) is 7.76. The van der Waals surface area contributed by atoms with Gasteiger partial charge in [0.15, 0.2) is 11.6 Å². The SMILES string of the molecule is CCCCN(C(=O)c1ccnc(NCC)c1F)C(C)CC. The highest BCUT2D eigenvalue weighted by Gasteiger charge is 2.24. The average Bonchev–Trinajstić information content (AvgIpc) is 2.49. The number of carbonyl (C=O) groups excluding carboxylic acids is 1. The first-order chi connectivity index (χ1) is 10.1. The number of halogens is 1. The lowest BCUT2D eigenvalue weighted by atomic mass is 10.1. The minimum absolute atomic E-state index is 0.0948. The van der Waals surface area contributed by atoms with Crippen LogP contribution in [0.5, 0.6) is 0 Å². The zero-order valence-corrected chi connectivity index (χ0v) is 13.4. The van der Waals surface area contributed by atoms with Crippen molar-refractivity contribution in [2.75, 3.05) is 18.4 Å². The van der Waals surface area contributed by atoms with Gasteiger partial charge < -0.3 is 10.2 Å². The zero-order valence-electron chi connectivity index (χ0n) is 13.4. The van der Waals surface area contributed by atoms with Gasteiger partial charge in [-0.1, -0.05) is 20.3 Å². The Morgan fingerprint density at radius 2 is 2.14 bits per heavy atom. The molecule has 0 saturated heterocycles. The Hall–Kier alpha value is -1.65. The summed E-state index contributed by atoms with van der Waals surface area (Å²) < 4.78 is 14.4. The highest BCUT2D eigenvalue weighted by Crippen LogP contribution is 2.19. The maximum Gasteiger partial charge on any atom is 0.257 e. The normalized spacial score (nSPS) is 12.0. The maximum atomic E-state index is 14.4. The van der Waals surface area contributed by atoms with Crippen LogP contribution in [0.3, 0.4) is 0 Å². The summed E-state index contributed by atoms with van der Waals surface area (Å²) in [6.07, 6.45) is 4.25. The summed E-state index contributed by atoms with van der Waals surface area (Å²) in [5.74, 6) is -0.672. The molecule has 5 heteroatoms. The van der Waals surface area contributed by atoms with Crippen LogP contribution in [-0.4, -0.2) is 34.9 Å². The number of rotatable bonds is 8.